The van der Waals surface area contributed by atoms with Crippen molar-refractivity contribution in [3.8, 4) is 22.9 Å². The van der Waals surface area contributed by atoms with Gasteiger partial charge in [-0.1, -0.05) is 39.0 Å². The van der Waals surface area contributed by atoms with Crippen LogP contribution in [0.5, 0.6) is 11.5 Å². The van der Waals surface area contributed by atoms with Crippen LogP contribution < -0.4 is 9.47 Å². The fraction of sp³-hybridized carbons (Fsp3) is 0.474. The smallest absolute Gasteiger partial charge is 0.387 e. The van der Waals surface area contributed by atoms with E-state index in [1.165, 1.54) is 44.2 Å². The van der Waals surface area contributed by atoms with Gasteiger partial charge in [-0.3, -0.25) is 0 Å². The first-order valence-corrected chi connectivity index (χ1v) is 8.69. The van der Waals surface area contributed by atoms with Gasteiger partial charge in [0, 0.05) is 5.56 Å². The first-order chi connectivity index (χ1) is 12.2. The average molecular weight is 350 g/mol. The third-order valence-corrected chi connectivity index (χ3v) is 3.73. The summed E-state index contributed by atoms with van der Waals surface area (Å²) in [6.45, 7) is 0.0393. The quantitative estimate of drug-likeness (QED) is 0.503. The summed E-state index contributed by atoms with van der Waals surface area (Å²) in [4.78, 5) is 8.51. The molecule has 136 valence electrons. The van der Waals surface area contributed by atoms with E-state index in [9.17, 15) is 8.78 Å². The third kappa shape index (κ3) is 7.03. The molecule has 0 aliphatic rings. The van der Waals surface area contributed by atoms with E-state index in [-0.39, 0.29) is 5.75 Å². The minimum absolute atomic E-state index is 0.109. The second kappa shape index (κ2) is 10.6. The predicted octanol–water partition coefficient (Wildman–Crippen LogP) is 5.48. The topological polar surface area (TPSA) is 44.2 Å². The lowest BCUT2D eigenvalue weighted by molar-refractivity contribution is -0.0498. The Balaban J connectivity index is 1.77. The molecule has 0 fully saturated rings. The largest absolute Gasteiger partial charge is 0.490 e. The van der Waals surface area contributed by atoms with Crippen LogP contribution in [0.25, 0.3) is 11.4 Å². The van der Waals surface area contributed by atoms with Crippen LogP contribution in [-0.4, -0.2) is 23.2 Å². The van der Waals surface area contributed by atoms with Gasteiger partial charge in [0.25, 0.3) is 0 Å². The molecule has 1 aromatic carbocycles. The van der Waals surface area contributed by atoms with Crippen LogP contribution in [0.4, 0.5) is 8.78 Å². The molecule has 0 atom stereocenters. The molecule has 0 aliphatic carbocycles. The minimum Gasteiger partial charge on any atom is -0.490 e. The molecule has 0 saturated carbocycles. The molecule has 0 radical (unpaired) electrons. The lowest BCUT2D eigenvalue weighted by Crippen LogP contribution is -2.01. The van der Waals surface area contributed by atoms with Crippen molar-refractivity contribution in [3.63, 3.8) is 0 Å². The molecule has 0 N–H and O–H groups in total. The number of alkyl halides is 2. The molecule has 0 aliphatic heterocycles. The molecule has 25 heavy (non-hydrogen) atoms. The van der Waals surface area contributed by atoms with Crippen molar-refractivity contribution in [2.75, 3.05) is 6.61 Å². The molecule has 0 amide bonds. The van der Waals surface area contributed by atoms with Crippen LogP contribution in [0.15, 0.2) is 36.7 Å². The van der Waals surface area contributed by atoms with E-state index in [0.717, 1.165) is 12.0 Å². The van der Waals surface area contributed by atoms with Crippen LogP contribution in [0, 0.1) is 0 Å². The van der Waals surface area contributed by atoms with Gasteiger partial charge in [0.15, 0.2) is 11.6 Å². The fourth-order valence-corrected chi connectivity index (χ4v) is 2.40. The summed E-state index contributed by atoms with van der Waals surface area (Å²) < 4.78 is 34.2. The van der Waals surface area contributed by atoms with E-state index in [1.807, 2.05) is 0 Å². The normalized spacial score (nSPS) is 10.9. The highest BCUT2D eigenvalue weighted by Crippen LogP contribution is 2.21. The van der Waals surface area contributed by atoms with Gasteiger partial charge in [0.1, 0.15) is 5.75 Å². The van der Waals surface area contributed by atoms with Crippen molar-refractivity contribution < 1.29 is 18.3 Å². The van der Waals surface area contributed by atoms with Crippen LogP contribution in [-0.2, 0) is 0 Å². The number of hydrogen-bond donors (Lipinski definition) is 0. The number of nitrogens with zero attached hydrogens (tertiary/aromatic N) is 2. The van der Waals surface area contributed by atoms with Crippen LogP contribution in [0.1, 0.15) is 45.4 Å². The van der Waals surface area contributed by atoms with Crippen LogP contribution >= 0.6 is 0 Å². The second-order valence-corrected chi connectivity index (χ2v) is 5.76. The summed E-state index contributed by atoms with van der Waals surface area (Å²) in [6.07, 6.45) is 10.5. The van der Waals surface area contributed by atoms with Crippen LogP contribution in [0.2, 0.25) is 0 Å². The molecule has 1 aromatic heterocycles. The zero-order chi connectivity index (χ0) is 17.9. The SMILES string of the molecule is CCCCCCCCOc1cnc(-c2ccc(OC(F)F)cc2)nc1. The van der Waals surface area contributed by atoms with E-state index in [2.05, 4.69) is 21.6 Å². The zero-order valence-electron chi connectivity index (χ0n) is 14.5. The van der Waals surface area contributed by atoms with Crippen molar-refractivity contribution in [1.82, 2.24) is 9.97 Å². The van der Waals surface area contributed by atoms with E-state index < -0.39 is 6.61 Å². The van der Waals surface area contributed by atoms with Gasteiger partial charge in [0.2, 0.25) is 0 Å². The van der Waals surface area contributed by atoms with Gasteiger partial charge in [-0.15, -0.1) is 0 Å². The molecule has 1 heterocycles. The second-order valence-electron chi connectivity index (χ2n) is 5.76. The highest BCUT2D eigenvalue weighted by molar-refractivity contribution is 5.56. The molecule has 2 rings (SSSR count). The van der Waals surface area contributed by atoms with E-state index in [1.54, 1.807) is 24.5 Å². The predicted molar refractivity (Wildman–Crippen MR) is 93.0 cm³/mol. The first kappa shape index (κ1) is 19.1. The molecule has 0 bridgehead atoms. The molecule has 0 saturated heterocycles. The summed E-state index contributed by atoms with van der Waals surface area (Å²) in [7, 11) is 0. The Morgan fingerprint density at radius 2 is 1.52 bits per heavy atom. The number of halogens is 2. The molecule has 4 nitrogen and oxygen atoms in total. The van der Waals surface area contributed by atoms with Gasteiger partial charge < -0.3 is 9.47 Å². The summed E-state index contributed by atoms with van der Waals surface area (Å²) in [5.41, 5.74) is 0.726. The Bertz CT molecular complexity index is 604. The summed E-state index contributed by atoms with van der Waals surface area (Å²) in [5, 5.41) is 0. The van der Waals surface area contributed by atoms with Crippen LogP contribution in [0.3, 0.4) is 0 Å². The summed E-state index contributed by atoms with van der Waals surface area (Å²) in [6, 6.07) is 6.22. The lowest BCUT2D eigenvalue weighted by Gasteiger charge is -2.07. The van der Waals surface area contributed by atoms with Crippen molar-refractivity contribution >= 4 is 0 Å². The highest BCUT2D eigenvalue weighted by atomic mass is 19.3. The molecule has 6 heteroatoms. The van der Waals surface area contributed by atoms with Gasteiger partial charge in [-0.2, -0.15) is 8.78 Å². The fourth-order valence-electron chi connectivity index (χ4n) is 2.40. The first-order valence-electron chi connectivity index (χ1n) is 8.69. The number of ether oxygens (including phenoxy) is 2. The maximum absolute atomic E-state index is 12.1. The van der Waals surface area contributed by atoms with Crippen molar-refractivity contribution in [2.45, 2.75) is 52.1 Å². The number of benzene rings is 1. The Morgan fingerprint density at radius 1 is 0.880 bits per heavy atom. The molecule has 0 unspecified atom stereocenters. The molecular weight excluding hydrogens is 326 g/mol. The number of unbranched alkanes of at least 4 members (excludes halogenated alkanes) is 5. The monoisotopic (exact) mass is 350 g/mol. The Hall–Kier alpha value is -2.24. The third-order valence-electron chi connectivity index (χ3n) is 3.73. The van der Waals surface area contributed by atoms with E-state index in [4.69, 9.17) is 4.74 Å². The van der Waals surface area contributed by atoms with Gasteiger partial charge in [0.05, 0.1) is 19.0 Å². The standard InChI is InChI=1S/C19H24F2N2O2/c1-2-3-4-5-6-7-12-24-17-13-22-18(23-14-17)15-8-10-16(11-9-15)25-19(20)21/h8-11,13-14,19H,2-7,12H2,1H3. The van der Waals surface area contributed by atoms with Crippen molar-refractivity contribution in [3.05, 3.63) is 36.7 Å². The summed E-state index contributed by atoms with van der Waals surface area (Å²) in [5.74, 6) is 1.25. The highest BCUT2D eigenvalue weighted by Gasteiger charge is 2.06. The Morgan fingerprint density at radius 3 is 2.16 bits per heavy atom. The van der Waals surface area contributed by atoms with Gasteiger partial charge in [-0.05, 0) is 30.7 Å². The van der Waals surface area contributed by atoms with E-state index in [0.29, 0.717) is 18.2 Å². The number of rotatable bonds is 11. The lowest BCUT2D eigenvalue weighted by atomic mass is 10.1. The van der Waals surface area contributed by atoms with Gasteiger partial charge >= 0.3 is 6.61 Å². The summed E-state index contributed by atoms with van der Waals surface area (Å²) >= 11 is 0. The maximum Gasteiger partial charge on any atom is 0.387 e. The zero-order valence-corrected chi connectivity index (χ0v) is 14.5. The van der Waals surface area contributed by atoms with Gasteiger partial charge in [-0.25, -0.2) is 9.97 Å². The Kier molecular flexibility index (Phi) is 8.09. The van der Waals surface area contributed by atoms with Crippen molar-refractivity contribution in [1.29, 1.82) is 0 Å². The Labute approximate surface area is 147 Å². The maximum atomic E-state index is 12.1. The minimum atomic E-state index is -2.83. The molecular formula is C19H24F2N2O2. The van der Waals surface area contributed by atoms with E-state index >= 15 is 0 Å². The molecule has 2 aromatic rings. The number of aromatic nitrogens is 2. The van der Waals surface area contributed by atoms with Crippen molar-refractivity contribution in [2.24, 2.45) is 0 Å². The molecule has 0 spiro atoms. The average Bonchev–Trinajstić information content (AvgIpc) is 2.62. The number of hydrogen-bond acceptors (Lipinski definition) is 4.